The standard InChI is InChI=1S/C13H10ClN3OS/c14-9-5-8-10(17-13(18)12(8)15)6-11(9)19-7-1-3-16-4-2-7/h1-6,12H,15H2,(H,17,18). The number of anilines is 1. The second-order valence-corrected chi connectivity index (χ2v) is 5.64. The summed E-state index contributed by atoms with van der Waals surface area (Å²) in [7, 11) is 0. The van der Waals surface area contributed by atoms with Crippen molar-refractivity contribution in [2.75, 3.05) is 5.32 Å². The Morgan fingerprint density at radius 2 is 2.05 bits per heavy atom. The van der Waals surface area contributed by atoms with E-state index in [1.165, 1.54) is 11.8 Å². The number of aromatic nitrogens is 1. The summed E-state index contributed by atoms with van der Waals surface area (Å²) in [6.07, 6.45) is 3.45. The number of carbonyl (C=O) groups excluding carboxylic acids is 1. The average Bonchev–Trinajstić information content (AvgIpc) is 2.67. The first-order valence-corrected chi connectivity index (χ1v) is 6.82. The van der Waals surface area contributed by atoms with Gasteiger partial charge in [-0.25, -0.2) is 0 Å². The quantitative estimate of drug-likeness (QED) is 0.893. The molecule has 4 nitrogen and oxygen atoms in total. The van der Waals surface area contributed by atoms with Gasteiger partial charge in [-0.15, -0.1) is 0 Å². The molecule has 19 heavy (non-hydrogen) atoms. The second-order valence-electron chi connectivity index (χ2n) is 4.12. The smallest absolute Gasteiger partial charge is 0.245 e. The van der Waals surface area contributed by atoms with Gasteiger partial charge in [0, 0.05) is 33.4 Å². The number of pyridine rings is 1. The van der Waals surface area contributed by atoms with Crippen LogP contribution in [0.1, 0.15) is 11.6 Å². The van der Waals surface area contributed by atoms with Gasteiger partial charge in [-0.05, 0) is 24.3 Å². The molecule has 1 amide bonds. The molecular formula is C13H10ClN3OS. The minimum Gasteiger partial charge on any atom is -0.324 e. The summed E-state index contributed by atoms with van der Waals surface area (Å²) in [5, 5.41) is 3.34. The number of hydrogen-bond donors (Lipinski definition) is 2. The SMILES string of the molecule is NC1C(=O)Nc2cc(Sc3ccncc3)c(Cl)cc21. The van der Waals surface area contributed by atoms with Crippen molar-refractivity contribution in [2.45, 2.75) is 15.8 Å². The van der Waals surface area contributed by atoms with Gasteiger partial charge in [0.2, 0.25) is 5.91 Å². The van der Waals surface area contributed by atoms with Crippen molar-refractivity contribution in [3.8, 4) is 0 Å². The minimum atomic E-state index is -0.632. The van der Waals surface area contributed by atoms with Crippen LogP contribution in [-0.2, 0) is 4.79 Å². The fourth-order valence-electron chi connectivity index (χ4n) is 1.90. The third-order valence-electron chi connectivity index (χ3n) is 2.86. The van der Waals surface area contributed by atoms with Crippen molar-refractivity contribution in [1.29, 1.82) is 0 Å². The zero-order valence-corrected chi connectivity index (χ0v) is 11.3. The summed E-state index contributed by atoms with van der Waals surface area (Å²) in [6.45, 7) is 0. The molecule has 0 bridgehead atoms. The van der Waals surface area contributed by atoms with Crippen LogP contribution in [0.15, 0.2) is 46.5 Å². The molecule has 0 aliphatic carbocycles. The van der Waals surface area contributed by atoms with Crippen LogP contribution in [-0.4, -0.2) is 10.9 Å². The average molecular weight is 292 g/mol. The first-order chi connectivity index (χ1) is 9.15. The molecule has 0 spiro atoms. The molecule has 1 aromatic heterocycles. The lowest BCUT2D eigenvalue weighted by atomic mass is 10.1. The predicted octanol–water partition coefficient (Wildman–Crippen LogP) is 2.84. The molecule has 2 aromatic rings. The van der Waals surface area contributed by atoms with E-state index in [0.717, 1.165) is 21.0 Å². The molecular weight excluding hydrogens is 282 g/mol. The third-order valence-corrected chi connectivity index (χ3v) is 4.35. The largest absolute Gasteiger partial charge is 0.324 e. The van der Waals surface area contributed by atoms with E-state index in [0.29, 0.717) is 5.02 Å². The molecule has 1 aliphatic rings. The Hall–Kier alpha value is -1.56. The van der Waals surface area contributed by atoms with Crippen LogP contribution in [0, 0.1) is 0 Å². The van der Waals surface area contributed by atoms with Gasteiger partial charge in [-0.3, -0.25) is 9.78 Å². The molecule has 0 radical (unpaired) electrons. The van der Waals surface area contributed by atoms with E-state index in [2.05, 4.69) is 10.3 Å². The molecule has 1 aliphatic heterocycles. The Kier molecular flexibility index (Phi) is 3.18. The number of nitrogens with one attached hydrogen (secondary N) is 1. The number of amides is 1. The van der Waals surface area contributed by atoms with Crippen molar-refractivity contribution < 1.29 is 4.79 Å². The second kappa shape index (κ2) is 4.85. The summed E-state index contributed by atoms with van der Waals surface area (Å²) < 4.78 is 0. The Bertz CT molecular complexity index is 648. The van der Waals surface area contributed by atoms with Gasteiger partial charge in [0.15, 0.2) is 0 Å². The number of carbonyl (C=O) groups is 1. The minimum absolute atomic E-state index is 0.197. The highest BCUT2D eigenvalue weighted by molar-refractivity contribution is 7.99. The maximum atomic E-state index is 11.5. The van der Waals surface area contributed by atoms with E-state index in [4.69, 9.17) is 17.3 Å². The fourth-order valence-corrected chi connectivity index (χ4v) is 3.03. The third kappa shape index (κ3) is 2.32. The van der Waals surface area contributed by atoms with Crippen LogP contribution in [0.3, 0.4) is 0 Å². The summed E-state index contributed by atoms with van der Waals surface area (Å²) in [5.41, 5.74) is 7.25. The van der Waals surface area contributed by atoms with Gasteiger partial charge >= 0.3 is 0 Å². The molecule has 0 saturated heterocycles. The summed E-state index contributed by atoms with van der Waals surface area (Å²) in [4.78, 5) is 17.4. The molecule has 0 fully saturated rings. The van der Waals surface area contributed by atoms with E-state index < -0.39 is 6.04 Å². The molecule has 2 heterocycles. The Balaban J connectivity index is 1.97. The van der Waals surface area contributed by atoms with Crippen LogP contribution < -0.4 is 11.1 Å². The maximum absolute atomic E-state index is 11.5. The maximum Gasteiger partial charge on any atom is 0.245 e. The number of benzene rings is 1. The van der Waals surface area contributed by atoms with Crippen molar-refractivity contribution >= 4 is 35.0 Å². The van der Waals surface area contributed by atoms with E-state index in [1.807, 2.05) is 18.2 Å². The Labute approximate surface area is 119 Å². The molecule has 3 N–H and O–H groups in total. The topological polar surface area (TPSA) is 68.0 Å². The molecule has 1 aromatic carbocycles. The molecule has 1 atom stereocenters. The van der Waals surface area contributed by atoms with Gasteiger partial charge in [0.05, 0.1) is 5.02 Å². The normalized spacial score (nSPS) is 17.2. The number of hydrogen-bond acceptors (Lipinski definition) is 4. The van der Waals surface area contributed by atoms with Crippen LogP contribution in [0.25, 0.3) is 0 Å². The summed E-state index contributed by atoms with van der Waals surface area (Å²) in [6, 6.07) is 6.78. The molecule has 1 unspecified atom stereocenters. The van der Waals surface area contributed by atoms with Gasteiger partial charge in [0.1, 0.15) is 6.04 Å². The first-order valence-electron chi connectivity index (χ1n) is 5.63. The number of nitrogens with two attached hydrogens (primary N) is 1. The van der Waals surface area contributed by atoms with E-state index in [-0.39, 0.29) is 5.91 Å². The zero-order chi connectivity index (χ0) is 13.4. The lowest BCUT2D eigenvalue weighted by molar-refractivity contribution is -0.116. The number of halogens is 1. The first kappa shape index (κ1) is 12.5. The highest BCUT2D eigenvalue weighted by Crippen LogP contribution is 2.40. The molecule has 96 valence electrons. The summed E-state index contributed by atoms with van der Waals surface area (Å²) >= 11 is 7.76. The molecule has 3 rings (SSSR count). The molecule has 6 heteroatoms. The van der Waals surface area contributed by atoms with Crippen molar-refractivity contribution in [3.05, 3.63) is 47.2 Å². The summed E-state index contributed by atoms with van der Waals surface area (Å²) in [5.74, 6) is -0.197. The van der Waals surface area contributed by atoms with Gasteiger partial charge in [-0.1, -0.05) is 23.4 Å². The van der Waals surface area contributed by atoms with Gasteiger partial charge in [0.25, 0.3) is 0 Å². The van der Waals surface area contributed by atoms with Gasteiger partial charge in [-0.2, -0.15) is 0 Å². The fraction of sp³-hybridized carbons (Fsp3) is 0.0769. The van der Waals surface area contributed by atoms with Crippen molar-refractivity contribution in [2.24, 2.45) is 5.73 Å². The highest BCUT2D eigenvalue weighted by atomic mass is 35.5. The van der Waals surface area contributed by atoms with Crippen LogP contribution >= 0.6 is 23.4 Å². The van der Waals surface area contributed by atoms with E-state index in [1.54, 1.807) is 18.5 Å². The highest BCUT2D eigenvalue weighted by Gasteiger charge is 2.28. The van der Waals surface area contributed by atoms with E-state index in [9.17, 15) is 4.79 Å². The van der Waals surface area contributed by atoms with Crippen LogP contribution in [0.5, 0.6) is 0 Å². The predicted molar refractivity (Wildman–Crippen MR) is 75.4 cm³/mol. The van der Waals surface area contributed by atoms with Crippen molar-refractivity contribution in [3.63, 3.8) is 0 Å². The number of nitrogens with zero attached hydrogens (tertiary/aromatic N) is 1. The van der Waals surface area contributed by atoms with Crippen LogP contribution in [0.4, 0.5) is 5.69 Å². The number of rotatable bonds is 2. The zero-order valence-electron chi connectivity index (χ0n) is 9.76. The number of fused-ring (bicyclic) bond motifs is 1. The van der Waals surface area contributed by atoms with Gasteiger partial charge < -0.3 is 11.1 Å². The lowest BCUT2D eigenvalue weighted by Crippen LogP contribution is -2.19. The lowest BCUT2D eigenvalue weighted by Gasteiger charge is -2.08. The Morgan fingerprint density at radius 1 is 1.32 bits per heavy atom. The van der Waals surface area contributed by atoms with Crippen LogP contribution in [0.2, 0.25) is 5.02 Å². The Morgan fingerprint density at radius 3 is 2.79 bits per heavy atom. The van der Waals surface area contributed by atoms with Crippen molar-refractivity contribution in [1.82, 2.24) is 4.98 Å². The molecule has 0 saturated carbocycles. The monoisotopic (exact) mass is 291 g/mol. The van der Waals surface area contributed by atoms with E-state index >= 15 is 0 Å².